The molecule has 0 unspecified atom stereocenters. The van der Waals surface area contributed by atoms with E-state index < -0.39 is 17.6 Å². The van der Waals surface area contributed by atoms with Crippen LogP contribution >= 0.6 is 11.6 Å². The first-order chi connectivity index (χ1) is 8.86. The molecule has 0 fully saturated rings. The second kappa shape index (κ2) is 4.88. The molecule has 0 bridgehead atoms. The van der Waals surface area contributed by atoms with Crippen LogP contribution in [0, 0.1) is 0 Å². The Balaban J connectivity index is 2.10. The molecule has 0 aliphatic carbocycles. The van der Waals surface area contributed by atoms with Crippen LogP contribution in [0.5, 0.6) is 0 Å². The molecular formula is C10H6ClF3N4O. The number of hydrogen-bond donors (Lipinski definition) is 2. The SMILES string of the molecule is O=C(Nc1ccc(C(F)(F)F)cn1)c1cc(Cl)[nH]n1. The number of nitrogens with one attached hydrogen (secondary N) is 2. The zero-order chi connectivity index (χ0) is 14.0. The van der Waals surface area contributed by atoms with Crippen molar-refractivity contribution in [3.8, 4) is 0 Å². The fourth-order valence-electron chi connectivity index (χ4n) is 1.23. The number of halogens is 4. The Hall–Kier alpha value is -2.09. The Morgan fingerprint density at radius 2 is 2.11 bits per heavy atom. The quantitative estimate of drug-likeness (QED) is 0.893. The first kappa shape index (κ1) is 13.3. The fraction of sp³-hybridized carbons (Fsp3) is 0.100. The van der Waals surface area contributed by atoms with Crippen molar-refractivity contribution in [2.45, 2.75) is 6.18 Å². The van der Waals surface area contributed by atoms with E-state index in [9.17, 15) is 18.0 Å². The molecule has 2 aromatic heterocycles. The highest BCUT2D eigenvalue weighted by Crippen LogP contribution is 2.28. The lowest BCUT2D eigenvalue weighted by Gasteiger charge is -2.07. The van der Waals surface area contributed by atoms with Gasteiger partial charge in [0.05, 0.1) is 5.56 Å². The number of aromatic nitrogens is 3. The highest BCUT2D eigenvalue weighted by Gasteiger charge is 2.30. The first-order valence-electron chi connectivity index (χ1n) is 4.92. The minimum absolute atomic E-state index is 0.00620. The summed E-state index contributed by atoms with van der Waals surface area (Å²) in [4.78, 5) is 15.1. The maximum absolute atomic E-state index is 12.3. The third kappa shape index (κ3) is 3.22. The molecule has 0 saturated heterocycles. The van der Waals surface area contributed by atoms with Gasteiger partial charge in [-0.05, 0) is 12.1 Å². The molecule has 5 nitrogen and oxygen atoms in total. The molecule has 100 valence electrons. The maximum Gasteiger partial charge on any atom is 0.417 e. The molecule has 2 heterocycles. The molecule has 0 atom stereocenters. The molecule has 0 aliphatic rings. The molecular weight excluding hydrogens is 285 g/mol. The van der Waals surface area contributed by atoms with Gasteiger partial charge in [-0.1, -0.05) is 11.6 Å². The van der Waals surface area contributed by atoms with Gasteiger partial charge in [-0.2, -0.15) is 18.3 Å². The van der Waals surface area contributed by atoms with Crippen molar-refractivity contribution in [2.75, 3.05) is 5.32 Å². The predicted molar refractivity (Wildman–Crippen MR) is 60.8 cm³/mol. The topological polar surface area (TPSA) is 70.7 Å². The molecule has 19 heavy (non-hydrogen) atoms. The van der Waals surface area contributed by atoms with Crippen molar-refractivity contribution < 1.29 is 18.0 Å². The molecule has 2 aromatic rings. The molecule has 0 radical (unpaired) electrons. The van der Waals surface area contributed by atoms with Gasteiger partial charge >= 0.3 is 6.18 Å². The van der Waals surface area contributed by atoms with E-state index in [1.54, 1.807) is 0 Å². The van der Waals surface area contributed by atoms with Gasteiger partial charge in [0.1, 0.15) is 11.0 Å². The number of carbonyl (C=O) groups excluding carboxylic acids is 1. The highest BCUT2D eigenvalue weighted by molar-refractivity contribution is 6.29. The summed E-state index contributed by atoms with van der Waals surface area (Å²) in [6.45, 7) is 0. The summed E-state index contributed by atoms with van der Waals surface area (Å²) in [6.07, 6.45) is -3.83. The molecule has 1 amide bonds. The molecule has 0 spiro atoms. The minimum atomic E-state index is -4.47. The van der Waals surface area contributed by atoms with E-state index in [0.717, 1.165) is 12.1 Å². The number of anilines is 1. The summed E-state index contributed by atoms with van der Waals surface area (Å²) in [5, 5.41) is 8.41. The Bertz CT molecular complexity index is 594. The first-order valence-corrected chi connectivity index (χ1v) is 5.29. The van der Waals surface area contributed by atoms with Gasteiger partial charge in [0.2, 0.25) is 0 Å². The van der Waals surface area contributed by atoms with Crippen molar-refractivity contribution in [1.29, 1.82) is 0 Å². The fourth-order valence-corrected chi connectivity index (χ4v) is 1.38. The normalized spacial score (nSPS) is 11.4. The van der Waals surface area contributed by atoms with Crippen LogP contribution in [0.25, 0.3) is 0 Å². The number of aromatic amines is 1. The summed E-state index contributed by atoms with van der Waals surface area (Å²) < 4.78 is 36.9. The smallest absolute Gasteiger partial charge is 0.305 e. The van der Waals surface area contributed by atoms with Crippen LogP contribution in [0.3, 0.4) is 0 Å². The lowest BCUT2D eigenvalue weighted by atomic mass is 10.3. The number of amides is 1. The predicted octanol–water partition coefficient (Wildman–Crippen LogP) is 2.73. The molecule has 0 saturated carbocycles. The third-order valence-electron chi connectivity index (χ3n) is 2.11. The zero-order valence-electron chi connectivity index (χ0n) is 9.12. The van der Waals surface area contributed by atoms with E-state index in [1.165, 1.54) is 6.07 Å². The van der Waals surface area contributed by atoms with Gasteiger partial charge < -0.3 is 5.32 Å². The van der Waals surface area contributed by atoms with Crippen molar-refractivity contribution in [3.63, 3.8) is 0 Å². The van der Waals surface area contributed by atoms with E-state index in [1.807, 2.05) is 0 Å². The van der Waals surface area contributed by atoms with Crippen LogP contribution in [0.2, 0.25) is 5.15 Å². The average molecular weight is 291 g/mol. The Morgan fingerprint density at radius 3 is 2.58 bits per heavy atom. The van der Waals surface area contributed by atoms with Crippen LogP contribution in [-0.2, 0) is 6.18 Å². The number of H-pyrrole nitrogens is 1. The van der Waals surface area contributed by atoms with E-state index in [2.05, 4.69) is 20.5 Å². The van der Waals surface area contributed by atoms with E-state index in [4.69, 9.17) is 11.6 Å². The maximum atomic E-state index is 12.3. The van der Waals surface area contributed by atoms with Gasteiger partial charge in [0.25, 0.3) is 5.91 Å². The van der Waals surface area contributed by atoms with Crippen molar-refractivity contribution in [3.05, 3.63) is 40.8 Å². The summed E-state index contributed by atoms with van der Waals surface area (Å²) in [6, 6.07) is 3.15. The largest absolute Gasteiger partial charge is 0.417 e. The van der Waals surface area contributed by atoms with Crippen molar-refractivity contribution in [1.82, 2.24) is 15.2 Å². The Kier molecular flexibility index (Phi) is 3.43. The van der Waals surface area contributed by atoms with E-state index >= 15 is 0 Å². The molecule has 2 rings (SSSR count). The van der Waals surface area contributed by atoms with E-state index in [-0.39, 0.29) is 16.7 Å². The number of alkyl halides is 3. The second-order valence-corrected chi connectivity index (χ2v) is 3.89. The summed E-state index contributed by atoms with van der Waals surface area (Å²) >= 11 is 5.54. The van der Waals surface area contributed by atoms with Crippen LogP contribution < -0.4 is 5.32 Å². The highest BCUT2D eigenvalue weighted by atomic mass is 35.5. The van der Waals surface area contributed by atoms with Crippen molar-refractivity contribution >= 4 is 23.3 Å². The number of carbonyl (C=O) groups is 1. The number of nitrogens with zero attached hydrogens (tertiary/aromatic N) is 2. The summed E-state index contributed by atoms with van der Waals surface area (Å²) in [5.41, 5.74) is -0.889. The zero-order valence-corrected chi connectivity index (χ0v) is 9.88. The van der Waals surface area contributed by atoms with Crippen molar-refractivity contribution in [2.24, 2.45) is 0 Å². The monoisotopic (exact) mass is 290 g/mol. The van der Waals surface area contributed by atoms with E-state index in [0.29, 0.717) is 6.20 Å². The summed E-state index contributed by atoms with van der Waals surface area (Å²) in [7, 11) is 0. The number of hydrogen-bond acceptors (Lipinski definition) is 3. The number of pyridine rings is 1. The van der Waals surface area contributed by atoms with Crippen LogP contribution in [-0.4, -0.2) is 21.1 Å². The van der Waals surface area contributed by atoms with Gasteiger partial charge in [0.15, 0.2) is 5.69 Å². The number of rotatable bonds is 2. The molecule has 2 N–H and O–H groups in total. The van der Waals surface area contributed by atoms with Gasteiger partial charge in [-0.25, -0.2) is 4.98 Å². The standard InChI is InChI=1S/C10H6ClF3N4O/c11-7-3-6(17-18-7)9(19)16-8-2-1-5(4-15-8)10(12,13)14/h1-4H,(H,17,18)(H,15,16,19). The van der Waals surface area contributed by atoms with Crippen LogP contribution in [0.15, 0.2) is 24.4 Å². The molecule has 9 heteroatoms. The lowest BCUT2D eigenvalue weighted by molar-refractivity contribution is -0.137. The second-order valence-electron chi connectivity index (χ2n) is 3.49. The lowest BCUT2D eigenvalue weighted by Crippen LogP contribution is -2.14. The van der Waals surface area contributed by atoms with Gasteiger partial charge in [-0.15, -0.1) is 0 Å². The Labute approximate surface area is 109 Å². The van der Waals surface area contributed by atoms with Gasteiger partial charge in [-0.3, -0.25) is 9.89 Å². The van der Waals surface area contributed by atoms with Crippen LogP contribution in [0.1, 0.15) is 16.1 Å². The van der Waals surface area contributed by atoms with Gasteiger partial charge in [0, 0.05) is 12.3 Å². The summed E-state index contributed by atoms with van der Waals surface area (Å²) in [5.74, 6) is -0.646. The third-order valence-corrected chi connectivity index (χ3v) is 2.31. The van der Waals surface area contributed by atoms with Crippen LogP contribution in [0.4, 0.5) is 19.0 Å². The Morgan fingerprint density at radius 1 is 1.37 bits per heavy atom. The average Bonchev–Trinajstić information content (AvgIpc) is 2.75. The molecule has 0 aromatic carbocycles. The minimum Gasteiger partial charge on any atom is -0.305 e. The molecule has 0 aliphatic heterocycles.